The number of aliphatic hydroxyl groups excluding tert-OH is 1. The third-order valence-electron chi connectivity index (χ3n) is 7.49. The van der Waals surface area contributed by atoms with Crippen molar-refractivity contribution < 1.29 is 19.0 Å². The van der Waals surface area contributed by atoms with Crippen LogP contribution in [0.25, 0.3) is 10.9 Å². The van der Waals surface area contributed by atoms with Crippen molar-refractivity contribution in [2.24, 2.45) is 5.41 Å². The molecular weight excluding hydrogens is 511 g/mol. The lowest BCUT2D eigenvalue weighted by molar-refractivity contribution is 0.0304. The molecule has 1 atom stereocenters. The number of ether oxygens (including phenoxy) is 2. The fourth-order valence-electron chi connectivity index (χ4n) is 5.10. The fraction of sp³-hybridized carbons (Fsp3) is 0.483. The first-order valence-electron chi connectivity index (χ1n) is 12.8. The highest BCUT2D eigenvalue weighted by atomic mass is 35.5. The van der Waals surface area contributed by atoms with E-state index >= 15 is 4.39 Å². The van der Waals surface area contributed by atoms with E-state index in [1.54, 1.807) is 20.3 Å². The van der Waals surface area contributed by atoms with Gasteiger partial charge in [0.25, 0.3) is 0 Å². The van der Waals surface area contributed by atoms with Crippen molar-refractivity contribution in [1.29, 1.82) is 0 Å². The molecule has 37 heavy (non-hydrogen) atoms. The van der Waals surface area contributed by atoms with Crippen LogP contribution in [0.1, 0.15) is 43.8 Å². The lowest BCUT2D eigenvalue weighted by Gasteiger charge is -2.41. The minimum Gasteiger partial charge on any atom is -0.497 e. The van der Waals surface area contributed by atoms with Gasteiger partial charge < -0.3 is 19.5 Å². The molecule has 1 fully saturated rings. The smallest absolute Gasteiger partial charge is 0.127 e. The number of alkyl halides is 1. The van der Waals surface area contributed by atoms with Gasteiger partial charge in [-0.1, -0.05) is 17.7 Å². The molecule has 1 aliphatic rings. The number of aliphatic hydroxyl groups is 1. The molecule has 200 valence electrons. The van der Waals surface area contributed by atoms with Crippen LogP contribution in [0.15, 0.2) is 53.6 Å². The third kappa shape index (κ3) is 7.08. The Kier molecular flexibility index (Phi) is 9.93. The number of methoxy groups -OCH3 is 2. The molecule has 2 heterocycles. The normalized spacial score (nSPS) is 16.6. The zero-order valence-electron chi connectivity index (χ0n) is 21.6. The van der Waals surface area contributed by atoms with Crippen LogP contribution in [0.3, 0.4) is 0 Å². The summed E-state index contributed by atoms with van der Waals surface area (Å²) in [6.45, 7) is 2.97. The molecule has 0 spiro atoms. The van der Waals surface area contributed by atoms with Gasteiger partial charge in [-0.05, 0) is 99.3 Å². The van der Waals surface area contributed by atoms with Crippen molar-refractivity contribution in [3.05, 3.63) is 59.2 Å². The predicted octanol–water partition coefficient (Wildman–Crippen LogP) is 6.95. The van der Waals surface area contributed by atoms with Gasteiger partial charge in [0.05, 0.1) is 24.8 Å². The number of thioether (sulfide) groups is 1. The van der Waals surface area contributed by atoms with E-state index in [0.717, 1.165) is 50.4 Å². The van der Waals surface area contributed by atoms with Crippen molar-refractivity contribution in [2.45, 2.75) is 43.2 Å². The van der Waals surface area contributed by atoms with Gasteiger partial charge in [-0.2, -0.15) is 0 Å². The lowest BCUT2D eigenvalue weighted by atomic mass is 9.74. The van der Waals surface area contributed by atoms with Crippen LogP contribution < -0.4 is 9.47 Å². The molecule has 2 aromatic carbocycles. The number of nitrogens with zero attached hydrogens (tertiary/aromatic N) is 2. The van der Waals surface area contributed by atoms with Gasteiger partial charge in [0, 0.05) is 28.6 Å². The minimum absolute atomic E-state index is 0.0812. The summed E-state index contributed by atoms with van der Waals surface area (Å²) in [5.41, 5.74) is 0.908. The Bertz CT molecular complexity index is 1170. The molecule has 1 unspecified atom stereocenters. The van der Waals surface area contributed by atoms with E-state index < -0.39 is 6.17 Å². The van der Waals surface area contributed by atoms with Gasteiger partial charge in [-0.25, -0.2) is 4.39 Å². The number of rotatable bonds is 12. The Morgan fingerprint density at radius 2 is 1.89 bits per heavy atom. The second kappa shape index (κ2) is 13.1. The van der Waals surface area contributed by atoms with Gasteiger partial charge in [-0.3, -0.25) is 4.98 Å². The number of aromatic nitrogens is 1. The van der Waals surface area contributed by atoms with Crippen molar-refractivity contribution in [2.75, 3.05) is 46.2 Å². The number of fused-ring (bicyclic) bond motifs is 1. The first-order chi connectivity index (χ1) is 18.0. The predicted molar refractivity (Wildman–Crippen MR) is 150 cm³/mol. The fourth-order valence-corrected chi connectivity index (χ4v) is 6.25. The molecule has 1 N–H and O–H groups in total. The summed E-state index contributed by atoms with van der Waals surface area (Å²) in [6.07, 6.45) is 4.06. The summed E-state index contributed by atoms with van der Waals surface area (Å²) in [5.74, 6) is 2.58. The van der Waals surface area contributed by atoms with Crippen LogP contribution in [0.4, 0.5) is 4.39 Å². The molecule has 0 radical (unpaired) electrons. The second-order valence-electron chi connectivity index (χ2n) is 9.79. The van der Waals surface area contributed by atoms with E-state index in [-0.39, 0.29) is 12.0 Å². The first-order valence-corrected chi connectivity index (χ1v) is 14.2. The second-order valence-corrected chi connectivity index (χ2v) is 11.4. The average molecular weight is 547 g/mol. The number of halogens is 2. The molecular formula is C29H36ClFN2O3S. The SMILES string of the molecule is COc1cccc(SCCCN2CCC(CO)(CCC(F)c3c(Cl)cnc4ccc(OC)cc34)CC2)c1. The molecule has 5 nitrogen and oxygen atoms in total. The summed E-state index contributed by atoms with van der Waals surface area (Å²) in [4.78, 5) is 8.02. The summed E-state index contributed by atoms with van der Waals surface area (Å²) < 4.78 is 26.3. The van der Waals surface area contributed by atoms with Crippen LogP contribution in [0.5, 0.6) is 11.5 Å². The number of piperidine rings is 1. The average Bonchev–Trinajstić information content (AvgIpc) is 2.94. The topological polar surface area (TPSA) is 54.8 Å². The maximum atomic E-state index is 15.6. The number of benzene rings is 2. The van der Waals surface area contributed by atoms with E-state index in [9.17, 15) is 5.11 Å². The summed E-state index contributed by atoms with van der Waals surface area (Å²) >= 11 is 8.25. The molecule has 1 aliphatic heterocycles. The molecule has 0 amide bonds. The van der Waals surface area contributed by atoms with Gasteiger partial charge in [-0.15, -0.1) is 11.8 Å². The minimum atomic E-state index is -1.24. The van der Waals surface area contributed by atoms with Gasteiger partial charge in [0.15, 0.2) is 0 Å². The van der Waals surface area contributed by atoms with E-state index in [1.165, 1.54) is 11.1 Å². The van der Waals surface area contributed by atoms with Crippen molar-refractivity contribution >= 4 is 34.3 Å². The monoisotopic (exact) mass is 546 g/mol. The van der Waals surface area contributed by atoms with E-state index in [4.69, 9.17) is 21.1 Å². The highest BCUT2D eigenvalue weighted by Gasteiger charge is 2.35. The Morgan fingerprint density at radius 3 is 2.62 bits per heavy atom. The Balaban J connectivity index is 1.28. The number of hydrogen-bond donors (Lipinski definition) is 1. The van der Waals surface area contributed by atoms with Crippen molar-refractivity contribution in [1.82, 2.24) is 9.88 Å². The van der Waals surface area contributed by atoms with Crippen LogP contribution in [-0.2, 0) is 0 Å². The third-order valence-corrected chi connectivity index (χ3v) is 8.87. The van der Waals surface area contributed by atoms with Crippen molar-refractivity contribution in [3.63, 3.8) is 0 Å². The highest BCUT2D eigenvalue weighted by molar-refractivity contribution is 7.99. The molecule has 1 aromatic heterocycles. The molecule has 0 bridgehead atoms. The largest absolute Gasteiger partial charge is 0.497 e. The lowest BCUT2D eigenvalue weighted by Crippen LogP contribution is -2.42. The molecule has 8 heteroatoms. The molecule has 0 aliphatic carbocycles. The van der Waals surface area contributed by atoms with Crippen LogP contribution in [0, 0.1) is 5.41 Å². The molecule has 4 rings (SSSR count). The summed E-state index contributed by atoms with van der Waals surface area (Å²) in [5, 5.41) is 11.3. The van der Waals surface area contributed by atoms with Crippen LogP contribution >= 0.6 is 23.4 Å². The van der Waals surface area contributed by atoms with E-state index in [1.807, 2.05) is 36.0 Å². The summed E-state index contributed by atoms with van der Waals surface area (Å²) in [7, 11) is 3.27. The van der Waals surface area contributed by atoms with Crippen molar-refractivity contribution in [3.8, 4) is 11.5 Å². The number of pyridine rings is 1. The molecule has 0 saturated carbocycles. The Morgan fingerprint density at radius 1 is 1.14 bits per heavy atom. The summed E-state index contributed by atoms with van der Waals surface area (Å²) in [6, 6.07) is 13.6. The van der Waals surface area contributed by atoms with Crippen LogP contribution in [0.2, 0.25) is 5.02 Å². The molecule has 1 saturated heterocycles. The van der Waals surface area contributed by atoms with Crippen LogP contribution in [-0.4, -0.2) is 61.2 Å². The number of hydrogen-bond acceptors (Lipinski definition) is 6. The Hall–Kier alpha value is -2.06. The maximum Gasteiger partial charge on any atom is 0.127 e. The van der Waals surface area contributed by atoms with E-state index in [0.29, 0.717) is 40.1 Å². The zero-order valence-corrected chi connectivity index (χ0v) is 23.2. The van der Waals surface area contributed by atoms with Gasteiger partial charge >= 0.3 is 0 Å². The van der Waals surface area contributed by atoms with Gasteiger partial charge in [0.1, 0.15) is 17.7 Å². The first kappa shape index (κ1) is 28.0. The zero-order chi connectivity index (χ0) is 26.3. The maximum absolute atomic E-state index is 15.6. The quantitative estimate of drug-likeness (QED) is 0.196. The number of likely N-dealkylation sites (tertiary alicyclic amines) is 1. The van der Waals surface area contributed by atoms with E-state index in [2.05, 4.69) is 22.0 Å². The highest BCUT2D eigenvalue weighted by Crippen LogP contribution is 2.42. The standard InChI is InChI=1S/C29H36ClFN2O3S/c1-35-21-5-3-6-23(17-21)37-16-4-13-33-14-11-29(20-34,12-15-33)10-9-26(31)28-24-18-22(36-2)7-8-27(24)32-19-25(28)30/h3,5-8,17-19,26,34H,4,9-16,20H2,1-2H3. The Labute approximate surface area is 228 Å². The molecule has 3 aromatic rings. The van der Waals surface area contributed by atoms with Gasteiger partial charge in [0.2, 0.25) is 0 Å².